The van der Waals surface area contributed by atoms with Crippen LogP contribution >= 0.6 is 0 Å². The average molecular weight is 270 g/mol. The van der Waals surface area contributed by atoms with Crippen LogP contribution in [0.25, 0.3) is 0 Å². The summed E-state index contributed by atoms with van der Waals surface area (Å²) >= 11 is 0. The van der Waals surface area contributed by atoms with Crippen LogP contribution in [0.15, 0.2) is 48.7 Å². The fourth-order valence-electron chi connectivity index (χ4n) is 1.72. The highest BCUT2D eigenvalue weighted by Gasteiger charge is 2.01. The smallest absolute Gasteiger partial charge is 0.310 e. The van der Waals surface area contributed by atoms with Crippen molar-refractivity contribution in [1.29, 1.82) is 0 Å². The lowest BCUT2D eigenvalue weighted by Gasteiger charge is -2.06. The first-order valence-electron chi connectivity index (χ1n) is 6.68. The van der Waals surface area contributed by atoms with Gasteiger partial charge in [0.15, 0.2) is 0 Å². The van der Waals surface area contributed by atoms with Crippen LogP contribution in [0.4, 0.5) is 0 Å². The van der Waals surface area contributed by atoms with Crippen molar-refractivity contribution in [2.24, 2.45) is 0 Å². The van der Waals surface area contributed by atoms with Crippen LogP contribution in [0, 0.1) is 0 Å². The van der Waals surface area contributed by atoms with Crippen molar-refractivity contribution >= 4 is 5.97 Å². The maximum atomic E-state index is 11.2. The summed E-state index contributed by atoms with van der Waals surface area (Å²) in [5.74, 6) is 0.372. The second-order valence-corrected chi connectivity index (χ2v) is 4.40. The number of nitrogens with zero attached hydrogens (tertiary/aromatic N) is 1. The minimum Gasteiger partial charge on any atom is -0.427 e. The number of ether oxygens (including phenoxy) is 1. The van der Waals surface area contributed by atoms with Crippen molar-refractivity contribution in [3.8, 4) is 5.75 Å². The fraction of sp³-hybridized carbons (Fsp3) is 0.250. The summed E-state index contributed by atoms with van der Waals surface area (Å²) in [4.78, 5) is 15.4. The van der Waals surface area contributed by atoms with Crippen LogP contribution in [0.3, 0.4) is 0 Å². The maximum Gasteiger partial charge on any atom is 0.310 e. The molecular weight excluding hydrogens is 252 g/mol. The quantitative estimate of drug-likeness (QED) is 0.647. The van der Waals surface area contributed by atoms with Crippen molar-refractivity contribution in [3.05, 3.63) is 59.9 Å². The molecule has 0 spiro atoms. The molecule has 0 saturated carbocycles. The number of nitrogens with one attached hydrogen (secondary N) is 1. The third-order valence-corrected chi connectivity index (χ3v) is 2.81. The molecule has 0 aliphatic carbocycles. The molecule has 2 rings (SSSR count). The number of rotatable bonds is 6. The van der Waals surface area contributed by atoms with Gasteiger partial charge < -0.3 is 10.1 Å². The molecule has 0 unspecified atom stereocenters. The lowest BCUT2D eigenvalue weighted by atomic mass is 10.2. The van der Waals surface area contributed by atoms with Gasteiger partial charge in [-0.1, -0.05) is 25.1 Å². The first-order chi connectivity index (χ1) is 9.78. The lowest BCUT2D eigenvalue weighted by Crippen LogP contribution is -2.13. The van der Waals surface area contributed by atoms with Crippen LogP contribution in [0.5, 0.6) is 5.75 Å². The van der Waals surface area contributed by atoms with Gasteiger partial charge in [0.05, 0.1) is 5.69 Å². The Kier molecular flexibility index (Phi) is 5.26. The number of carbonyl (C=O) groups is 1. The standard InChI is InChI=1S/C16H18N2O2/c1-2-16(19)20-15-8-6-13(7-9-15)11-17-12-14-5-3-4-10-18-14/h3-10,17H,2,11-12H2,1H3. The number of benzene rings is 1. The molecule has 20 heavy (non-hydrogen) atoms. The third kappa shape index (κ3) is 4.48. The number of hydrogen-bond donors (Lipinski definition) is 1. The van der Waals surface area contributed by atoms with Crippen LogP contribution in [-0.4, -0.2) is 11.0 Å². The molecule has 0 aliphatic heterocycles. The molecule has 0 saturated heterocycles. The molecule has 1 heterocycles. The van der Waals surface area contributed by atoms with Crippen LogP contribution in [0.2, 0.25) is 0 Å². The van der Waals surface area contributed by atoms with Crippen molar-refractivity contribution in [1.82, 2.24) is 10.3 Å². The van der Waals surface area contributed by atoms with Crippen molar-refractivity contribution in [3.63, 3.8) is 0 Å². The Morgan fingerprint density at radius 2 is 1.95 bits per heavy atom. The van der Waals surface area contributed by atoms with Crippen molar-refractivity contribution < 1.29 is 9.53 Å². The van der Waals surface area contributed by atoms with E-state index in [1.54, 1.807) is 13.1 Å². The molecule has 1 aromatic carbocycles. The SMILES string of the molecule is CCC(=O)Oc1ccc(CNCc2ccccn2)cc1. The van der Waals surface area contributed by atoms with E-state index < -0.39 is 0 Å². The summed E-state index contributed by atoms with van der Waals surface area (Å²) in [6, 6.07) is 13.4. The number of pyridine rings is 1. The zero-order valence-electron chi connectivity index (χ0n) is 11.5. The van der Waals surface area contributed by atoms with Gasteiger partial charge in [-0.15, -0.1) is 0 Å². The summed E-state index contributed by atoms with van der Waals surface area (Å²) < 4.78 is 5.12. The first kappa shape index (κ1) is 14.2. The van der Waals surface area contributed by atoms with Gasteiger partial charge in [0, 0.05) is 25.7 Å². The largest absolute Gasteiger partial charge is 0.427 e. The predicted octanol–water partition coefficient (Wildman–Crippen LogP) is 2.69. The Labute approximate surface area is 118 Å². The Morgan fingerprint density at radius 3 is 2.60 bits per heavy atom. The van der Waals surface area contributed by atoms with Crippen LogP contribution in [0.1, 0.15) is 24.6 Å². The summed E-state index contributed by atoms with van der Waals surface area (Å²) in [5, 5.41) is 3.32. The molecular formula is C16H18N2O2. The zero-order chi connectivity index (χ0) is 14.2. The second kappa shape index (κ2) is 7.40. The first-order valence-corrected chi connectivity index (χ1v) is 6.68. The molecule has 0 amide bonds. The molecule has 4 heteroatoms. The second-order valence-electron chi connectivity index (χ2n) is 4.40. The molecule has 0 fully saturated rings. The predicted molar refractivity (Wildman–Crippen MR) is 77.1 cm³/mol. The van der Waals surface area contributed by atoms with Gasteiger partial charge >= 0.3 is 5.97 Å². The summed E-state index contributed by atoms with van der Waals surface area (Å²) in [5.41, 5.74) is 2.15. The Morgan fingerprint density at radius 1 is 1.15 bits per heavy atom. The highest BCUT2D eigenvalue weighted by molar-refractivity contribution is 5.71. The molecule has 0 atom stereocenters. The number of hydrogen-bond acceptors (Lipinski definition) is 4. The van der Waals surface area contributed by atoms with Gasteiger partial charge in [0.2, 0.25) is 0 Å². The molecule has 0 bridgehead atoms. The van der Waals surface area contributed by atoms with E-state index in [0.29, 0.717) is 12.2 Å². The molecule has 1 aromatic heterocycles. The third-order valence-electron chi connectivity index (χ3n) is 2.81. The summed E-state index contributed by atoms with van der Waals surface area (Å²) in [7, 11) is 0. The molecule has 4 nitrogen and oxygen atoms in total. The van der Waals surface area contributed by atoms with E-state index in [9.17, 15) is 4.79 Å². The maximum absolute atomic E-state index is 11.2. The topological polar surface area (TPSA) is 51.2 Å². The van der Waals surface area contributed by atoms with Gasteiger partial charge in [-0.3, -0.25) is 9.78 Å². The lowest BCUT2D eigenvalue weighted by molar-refractivity contribution is -0.134. The van der Waals surface area contributed by atoms with E-state index in [0.717, 1.165) is 24.3 Å². The van der Waals surface area contributed by atoms with E-state index in [4.69, 9.17) is 4.74 Å². The number of aromatic nitrogens is 1. The number of esters is 1. The van der Waals surface area contributed by atoms with E-state index in [-0.39, 0.29) is 5.97 Å². The minimum atomic E-state index is -0.217. The van der Waals surface area contributed by atoms with Crippen molar-refractivity contribution in [2.45, 2.75) is 26.4 Å². The molecule has 2 aromatic rings. The van der Waals surface area contributed by atoms with E-state index in [1.165, 1.54) is 0 Å². The summed E-state index contributed by atoms with van der Waals surface area (Å²) in [6.07, 6.45) is 2.17. The van der Waals surface area contributed by atoms with Gasteiger partial charge in [-0.2, -0.15) is 0 Å². The zero-order valence-corrected chi connectivity index (χ0v) is 11.5. The molecule has 1 N–H and O–H groups in total. The van der Waals surface area contributed by atoms with E-state index in [1.807, 2.05) is 42.5 Å². The van der Waals surface area contributed by atoms with Gasteiger partial charge in [0.1, 0.15) is 5.75 Å². The van der Waals surface area contributed by atoms with Crippen molar-refractivity contribution in [2.75, 3.05) is 0 Å². The number of carbonyl (C=O) groups excluding carboxylic acids is 1. The van der Waals surface area contributed by atoms with E-state index in [2.05, 4.69) is 10.3 Å². The highest BCUT2D eigenvalue weighted by atomic mass is 16.5. The van der Waals surface area contributed by atoms with Crippen LogP contribution < -0.4 is 10.1 Å². The van der Waals surface area contributed by atoms with Gasteiger partial charge in [0.25, 0.3) is 0 Å². The van der Waals surface area contributed by atoms with E-state index >= 15 is 0 Å². The van der Waals surface area contributed by atoms with Gasteiger partial charge in [-0.25, -0.2) is 0 Å². The molecule has 104 valence electrons. The minimum absolute atomic E-state index is 0.217. The highest BCUT2D eigenvalue weighted by Crippen LogP contribution is 2.12. The average Bonchev–Trinajstić information content (AvgIpc) is 2.50. The van der Waals surface area contributed by atoms with Crippen LogP contribution in [-0.2, 0) is 17.9 Å². The molecule has 0 aliphatic rings. The monoisotopic (exact) mass is 270 g/mol. The summed E-state index contributed by atoms with van der Waals surface area (Å²) in [6.45, 7) is 3.25. The Balaban J connectivity index is 1.80. The fourth-order valence-corrected chi connectivity index (χ4v) is 1.72. The normalized spacial score (nSPS) is 10.2. The molecule has 0 radical (unpaired) electrons. The Bertz CT molecular complexity index is 538. The Hall–Kier alpha value is -2.20. The van der Waals surface area contributed by atoms with Gasteiger partial charge in [-0.05, 0) is 29.8 Å².